The number of guanidine groups is 1. The Kier molecular flexibility index (Phi) is 5.12. The number of alkyl halides is 3. The molecule has 8 heteroatoms. The first-order chi connectivity index (χ1) is 10.4. The molecular formula is C14H18F3N3O2. The van der Waals surface area contributed by atoms with Crippen molar-refractivity contribution in [1.29, 1.82) is 0 Å². The number of rotatable bonds is 3. The van der Waals surface area contributed by atoms with Gasteiger partial charge in [0.1, 0.15) is 5.75 Å². The third-order valence-electron chi connectivity index (χ3n) is 3.33. The molecule has 0 fully saturated rings. The summed E-state index contributed by atoms with van der Waals surface area (Å²) in [6.07, 6.45) is -6.43. The average Bonchev–Trinajstić information content (AvgIpc) is 2.50. The molecule has 0 saturated heterocycles. The lowest BCUT2D eigenvalue weighted by Crippen LogP contribution is -2.46. The molecule has 1 aromatic carbocycles. The van der Waals surface area contributed by atoms with Gasteiger partial charge in [0, 0.05) is 19.0 Å². The molecule has 2 unspecified atom stereocenters. The van der Waals surface area contributed by atoms with Gasteiger partial charge in [-0.2, -0.15) is 13.2 Å². The minimum atomic E-state index is -4.66. The average molecular weight is 317 g/mol. The Morgan fingerprint density at radius 2 is 2.18 bits per heavy atom. The van der Waals surface area contributed by atoms with Gasteiger partial charge in [0.2, 0.25) is 0 Å². The van der Waals surface area contributed by atoms with Crippen LogP contribution in [0.15, 0.2) is 29.3 Å². The van der Waals surface area contributed by atoms with E-state index in [1.807, 2.05) is 24.3 Å². The van der Waals surface area contributed by atoms with E-state index in [2.05, 4.69) is 15.6 Å². The Balaban J connectivity index is 1.97. The van der Waals surface area contributed by atoms with Crippen LogP contribution in [0.25, 0.3) is 0 Å². The molecule has 22 heavy (non-hydrogen) atoms. The van der Waals surface area contributed by atoms with E-state index in [0.29, 0.717) is 13.0 Å². The molecule has 2 atom stereocenters. The smallest absolute Gasteiger partial charge is 0.416 e. The van der Waals surface area contributed by atoms with Crippen LogP contribution in [0.4, 0.5) is 13.2 Å². The van der Waals surface area contributed by atoms with E-state index in [4.69, 9.17) is 9.84 Å². The van der Waals surface area contributed by atoms with E-state index < -0.39 is 18.8 Å². The first kappa shape index (κ1) is 16.4. The topological polar surface area (TPSA) is 65.9 Å². The van der Waals surface area contributed by atoms with Crippen molar-refractivity contribution in [3.05, 3.63) is 29.8 Å². The largest absolute Gasteiger partial charge is 0.493 e. The predicted molar refractivity (Wildman–Crippen MR) is 75.9 cm³/mol. The lowest BCUT2D eigenvalue weighted by molar-refractivity contribution is -0.201. The van der Waals surface area contributed by atoms with Gasteiger partial charge in [0.05, 0.1) is 19.2 Å². The summed E-state index contributed by atoms with van der Waals surface area (Å²) in [5.74, 6) is 0.946. The van der Waals surface area contributed by atoms with Crippen molar-refractivity contribution in [2.75, 3.05) is 20.2 Å². The lowest BCUT2D eigenvalue weighted by atomic mass is 10.0. The van der Waals surface area contributed by atoms with Gasteiger partial charge in [-0.1, -0.05) is 18.2 Å². The molecule has 0 saturated carbocycles. The highest BCUT2D eigenvalue weighted by atomic mass is 19.4. The number of aliphatic hydroxyl groups excluding tert-OH is 1. The van der Waals surface area contributed by atoms with Gasteiger partial charge in [-0.15, -0.1) is 0 Å². The molecule has 0 aliphatic carbocycles. The highest BCUT2D eigenvalue weighted by molar-refractivity contribution is 5.80. The molecule has 0 bridgehead atoms. The van der Waals surface area contributed by atoms with Crippen LogP contribution in [0.1, 0.15) is 18.0 Å². The van der Waals surface area contributed by atoms with E-state index in [1.165, 1.54) is 7.05 Å². The molecular weight excluding hydrogens is 299 g/mol. The first-order valence-corrected chi connectivity index (χ1v) is 6.85. The van der Waals surface area contributed by atoms with Crippen molar-refractivity contribution in [3.63, 3.8) is 0 Å². The Morgan fingerprint density at radius 3 is 2.86 bits per heavy atom. The molecule has 0 amide bonds. The van der Waals surface area contributed by atoms with Crippen LogP contribution in [0.3, 0.4) is 0 Å². The number of aliphatic hydroxyl groups is 1. The molecule has 1 aromatic rings. The quantitative estimate of drug-likeness (QED) is 0.585. The fourth-order valence-corrected chi connectivity index (χ4v) is 2.16. The minimum Gasteiger partial charge on any atom is -0.493 e. The Labute approximate surface area is 126 Å². The molecule has 5 nitrogen and oxygen atoms in total. The van der Waals surface area contributed by atoms with E-state index in [0.717, 1.165) is 11.3 Å². The van der Waals surface area contributed by atoms with Crippen molar-refractivity contribution in [1.82, 2.24) is 10.6 Å². The van der Waals surface area contributed by atoms with E-state index >= 15 is 0 Å². The standard InChI is InChI=1S/C14H18F3N3O2/c1-18-13(19-8-12(21)14(15,16)17)20-10-6-7-22-11-5-3-2-4-9(10)11/h2-5,10,12,21H,6-8H2,1H3,(H2,18,19,20). The zero-order valence-corrected chi connectivity index (χ0v) is 12.0. The summed E-state index contributed by atoms with van der Waals surface area (Å²) in [7, 11) is 1.46. The molecule has 2 rings (SSSR count). The summed E-state index contributed by atoms with van der Waals surface area (Å²) in [6, 6.07) is 7.34. The van der Waals surface area contributed by atoms with E-state index in [1.54, 1.807) is 0 Å². The van der Waals surface area contributed by atoms with Crippen molar-refractivity contribution in [2.24, 2.45) is 4.99 Å². The molecule has 3 N–H and O–H groups in total. The molecule has 0 aromatic heterocycles. The van der Waals surface area contributed by atoms with Crippen LogP contribution in [-0.4, -0.2) is 43.5 Å². The molecule has 1 aliphatic rings. The van der Waals surface area contributed by atoms with Gasteiger partial charge < -0.3 is 20.5 Å². The van der Waals surface area contributed by atoms with Gasteiger partial charge in [-0.3, -0.25) is 4.99 Å². The lowest BCUT2D eigenvalue weighted by Gasteiger charge is -2.28. The third-order valence-corrected chi connectivity index (χ3v) is 3.33. The Hall–Kier alpha value is -1.96. The van der Waals surface area contributed by atoms with Gasteiger partial charge >= 0.3 is 6.18 Å². The van der Waals surface area contributed by atoms with Crippen molar-refractivity contribution in [3.8, 4) is 5.75 Å². The van der Waals surface area contributed by atoms with Gasteiger partial charge in [0.25, 0.3) is 0 Å². The van der Waals surface area contributed by atoms with Crippen LogP contribution in [0.2, 0.25) is 0 Å². The van der Waals surface area contributed by atoms with Crippen LogP contribution < -0.4 is 15.4 Å². The number of ether oxygens (including phenoxy) is 1. The predicted octanol–water partition coefficient (Wildman–Crippen LogP) is 1.60. The Bertz CT molecular complexity index is 534. The van der Waals surface area contributed by atoms with E-state index in [-0.39, 0.29) is 12.0 Å². The number of hydrogen-bond acceptors (Lipinski definition) is 3. The molecule has 0 radical (unpaired) electrons. The summed E-state index contributed by atoms with van der Waals surface area (Å²) >= 11 is 0. The van der Waals surface area contributed by atoms with Crippen LogP contribution in [0, 0.1) is 0 Å². The van der Waals surface area contributed by atoms with Gasteiger partial charge in [-0.05, 0) is 6.07 Å². The number of nitrogens with zero attached hydrogens (tertiary/aromatic N) is 1. The fourth-order valence-electron chi connectivity index (χ4n) is 2.16. The normalized spacial score (nSPS) is 19.9. The molecule has 1 aliphatic heterocycles. The fraction of sp³-hybridized carbons (Fsp3) is 0.500. The maximum atomic E-state index is 12.3. The monoisotopic (exact) mass is 317 g/mol. The number of hydrogen-bond donors (Lipinski definition) is 3. The van der Waals surface area contributed by atoms with E-state index in [9.17, 15) is 13.2 Å². The van der Waals surface area contributed by atoms with Gasteiger partial charge in [-0.25, -0.2) is 0 Å². The third kappa shape index (κ3) is 4.03. The number of halogens is 3. The maximum absolute atomic E-state index is 12.3. The second-order valence-corrected chi connectivity index (χ2v) is 4.88. The second kappa shape index (κ2) is 6.87. The molecule has 0 spiro atoms. The van der Waals surface area contributed by atoms with Crippen molar-refractivity contribution < 1.29 is 23.0 Å². The minimum absolute atomic E-state index is 0.112. The summed E-state index contributed by atoms with van der Waals surface area (Å²) in [4.78, 5) is 3.88. The number of aliphatic imine (C=N–C) groups is 1. The highest BCUT2D eigenvalue weighted by Gasteiger charge is 2.38. The number of benzene rings is 1. The number of nitrogens with one attached hydrogen (secondary N) is 2. The highest BCUT2D eigenvalue weighted by Crippen LogP contribution is 2.31. The molecule has 122 valence electrons. The van der Waals surface area contributed by atoms with Crippen molar-refractivity contribution >= 4 is 5.96 Å². The Morgan fingerprint density at radius 1 is 1.45 bits per heavy atom. The number of fused-ring (bicyclic) bond motifs is 1. The van der Waals surface area contributed by atoms with Gasteiger partial charge in [0.15, 0.2) is 12.1 Å². The maximum Gasteiger partial charge on any atom is 0.416 e. The van der Waals surface area contributed by atoms with Crippen LogP contribution >= 0.6 is 0 Å². The summed E-state index contributed by atoms with van der Waals surface area (Å²) < 4.78 is 42.4. The van der Waals surface area contributed by atoms with Crippen molar-refractivity contribution in [2.45, 2.75) is 24.7 Å². The zero-order valence-electron chi connectivity index (χ0n) is 12.0. The second-order valence-electron chi connectivity index (χ2n) is 4.88. The first-order valence-electron chi connectivity index (χ1n) is 6.85. The summed E-state index contributed by atoms with van der Waals surface area (Å²) in [6.45, 7) is -0.148. The number of para-hydroxylation sites is 1. The summed E-state index contributed by atoms with van der Waals surface area (Å²) in [5, 5.41) is 14.5. The van der Waals surface area contributed by atoms with Crippen LogP contribution in [0.5, 0.6) is 5.75 Å². The summed E-state index contributed by atoms with van der Waals surface area (Å²) in [5.41, 5.74) is 0.924. The SMILES string of the molecule is CN=C(NCC(O)C(F)(F)F)NC1CCOc2ccccc21. The van der Waals surface area contributed by atoms with Crippen LogP contribution in [-0.2, 0) is 0 Å². The molecule has 1 heterocycles. The zero-order chi connectivity index (χ0) is 16.2.